The molecule has 1 N–H and O–H groups in total. The zero-order valence-corrected chi connectivity index (χ0v) is 17.8. The number of aromatic nitrogens is 1. The maximum atomic E-state index is 4.45. The number of nitrogens with zero attached hydrogens (tertiary/aromatic N) is 3. The topological polar surface area (TPSA) is 40.5 Å². The highest BCUT2D eigenvalue weighted by Crippen LogP contribution is 2.21. The minimum absolute atomic E-state index is 0. The quantitative estimate of drug-likeness (QED) is 0.426. The summed E-state index contributed by atoms with van der Waals surface area (Å²) in [5.41, 5.74) is 5.34. The second kappa shape index (κ2) is 10.3. The van der Waals surface area contributed by atoms with E-state index >= 15 is 0 Å². The Kier molecular flexibility index (Phi) is 8.09. The van der Waals surface area contributed by atoms with Gasteiger partial charge in [-0.2, -0.15) is 0 Å². The molecular weight excluding hydrogens is 435 g/mol. The number of halogens is 1. The molecule has 0 unspecified atom stereocenters. The van der Waals surface area contributed by atoms with E-state index in [0.29, 0.717) is 0 Å². The van der Waals surface area contributed by atoms with Gasteiger partial charge in [0.25, 0.3) is 0 Å². The van der Waals surface area contributed by atoms with Gasteiger partial charge < -0.3 is 10.2 Å². The number of guanidine groups is 1. The van der Waals surface area contributed by atoms with Gasteiger partial charge in [0.1, 0.15) is 0 Å². The van der Waals surface area contributed by atoms with Crippen molar-refractivity contribution in [2.75, 3.05) is 26.7 Å². The van der Waals surface area contributed by atoms with Gasteiger partial charge in [0, 0.05) is 39.1 Å². The van der Waals surface area contributed by atoms with Gasteiger partial charge >= 0.3 is 0 Å². The molecule has 0 saturated heterocycles. The van der Waals surface area contributed by atoms with Gasteiger partial charge in [-0.25, -0.2) is 0 Å². The molecule has 1 aromatic carbocycles. The standard InChI is InChI=1S/C21H26N4.HI/c1-17-16-23-12-8-18(17)9-13-24-21(22-2)25-14-10-20(11-15-25)19-6-4-3-5-7-19;/h3-8,10,12,16H,9,11,13-15H2,1-2H3,(H,22,24);1H. The van der Waals surface area contributed by atoms with Crippen molar-refractivity contribution in [1.29, 1.82) is 0 Å². The molecule has 138 valence electrons. The molecule has 2 heterocycles. The maximum absolute atomic E-state index is 4.45. The second-order valence-corrected chi connectivity index (χ2v) is 6.32. The third kappa shape index (κ3) is 5.30. The van der Waals surface area contributed by atoms with E-state index in [0.717, 1.165) is 38.4 Å². The number of benzene rings is 1. The van der Waals surface area contributed by atoms with Crippen molar-refractivity contribution >= 4 is 35.5 Å². The molecule has 5 heteroatoms. The van der Waals surface area contributed by atoms with E-state index in [1.807, 2.05) is 19.4 Å². The molecule has 0 bridgehead atoms. The highest BCUT2D eigenvalue weighted by atomic mass is 127. The Labute approximate surface area is 173 Å². The van der Waals surface area contributed by atoms with Crippen molar-refractivity contribution in [2.45, 2.75) is 19.8 Å². The average Bonchev–Trinajstić information content (AvgIpc) is 2.67. The Bertz CT molecular complexity index is 756. The van der Waals surface area contributed by atoms with E-state index in [9.17, 15) is 0 Å². The molecule has 0 spiro atoms. The fraction of sp³-hybridized carbons (Fsp3) is 0.333. The Morgan fingerprint density at radius 1 is 1.23 bits per heavy atom. The molecule has 26 heavy (non-hydrogen) atoms. The van der Waals surface area contributed by atoms with E-state index in [-0.39, 0.29) is 24.0 Å². The number of aliphatic imine (C=N–C) groups is 1. The molecule has 0 atom stereocenters. The molecule has 1 aliphatic rings. The number of pyridine rings is 1. The average molecular weight is 462 g/mol. The van der Waals surface area contributed by atoms with Crippen molar-refractivity contribution in [3.8, 4) is 0 Å². The van der Waals surface area contributed by atoms with Crippen LogP contribution in [-0.2, 0) is 6.42 Å². The Morgan fingerprint density at radius 2 is 2.04 bits per heavy atom. The third-order valence-electron chi connectivity index (χ3n) is 4.68. The van der Waals surface area contributed by atoms with Gasteiger partial charge in [0.05, 0.1) is 0 Å². The Balaban J connectivity index is 0.00000243. The molecule has 0 fully saturated rings. The van der Waals surface area contributed by atoms with Crippen molar-refractivity contribution in [1.82, 2.24) is 15.2 Å². The van der Waals surface area contributed by atoms with E-state index in [1.165, 1.54) is 22.3 Å². The van der Waals surface area contributed by atoms with Crippen LogP contribution in [0.4, 0.5) is 0 Å². The van der Waals surface area contributed by atoms with Crippen LogP contribution in [0.3, 0.4) is 0 Å². The van der Waals surface area contributed by atoms with Gasteiger partial charge in [-0.15, -0.1) is 24.0 Å². The Hall–Kier alpha value is -1.89. The van der Waals surface area contributed by atoms with Crippen molar-refractivity contribution in [3.63, 3.8) is 0 Å². The van der Waals surface area contributed by atoms with Crippen LogP contribution >= 0.6 is 24.0 Å². The van der Waals surface area contributed by atoms with Gasteiger partial charge in [0.15, 0.2) is 5.96 Å². The smallest absolute Gasteiger partial charge is 0.193 e. The summed E-state index contributed by atoms with van der Waals surface area (Å²) in [4.78, 5) is 10.9. The minimum Gasteiger partial charge on any atom is -0.356 e. The molecule has 3 rings (SSSR count). The summed E-state index contributed by atoms with van der Waals surface area (Å²) < 4.78 is 0. The van der Waals surface area contributed by atoms with Crippen LogP contribution in [0.25, 0.3) is 5.57 Å². The monoisotopic (exact) mass is 462 g/mol. The molecule has 0 radical (unpaired) electrons. The highest BCUT2D eigenvalue weighted by Gasteiger charge is 2.15. The lowest BCUT2D eigenvalue weighted by Crippen LogP contribution is -2.44. The van der Waals surface area contributed by atoms with Crippen LogP contribution in [0.15, 0.2) is 59.9 Å². The van der Waals surface area contributed by atoms with Crippen LogP contribution < -0.4 is 5.32 Å². The van der Waals surface area contributed by atoms with Crippen LogP contribution in [0.2, 0.25) is 0 Å². The van der Waals surface area contributed by atoms with Crippen LogP contribution in [0, 0.1) is 6.92 Å². The second-order valence-electron chi connectivity index (χ2n) is 6.32. The van der Waals surface area contributed by atoms with Crippen LogP contribution in [0.1, 0.15) is 23.1 Å². The van der Waals surface area contributed by atoms with Gasteiger partial charge in [-0.05, 0) is 48.1 Å². The van der Waals surface area contributed by atoms with Crippen molar-refractivity contribution in [3.05, 3.63) is 71.6 Å². The first-order valence-electron chi connectivity index (χ1n) is 8.87. The largest absolute Gasteiger partial charge is 0.356 e. The van der Waals surface area contributed by atoms with Gasteiger partial charge in [-0.1, -0.05) is 36.4 Å². The zero-order chi connectivity index (χ0) is 17.5. The van der Waals surface area contributed by atoms with Crippen LogP contribution in [-0.4, -0.2) is 42.5 Å². The lowest BCUT2D eigenvalue weighted by molar-refractivity contribution is 0.440. The molecule has 1 aliphatic heterocycles. The predicted molar refractivity (Wildman–Crippen MR) is 120 cm³/mol. The fourth-order valence-corrected chi connectivity index (χ4v) is 3.20. The zero-order valence-electron chi connectivity index (χ0n) is 15.5. The van der Waals surface area contributed by atoms with Crippen LogP contribution in [0.5, 0.6) is 0 Å². The number of rotatable bonds is 4. The number of aryl methyl sites for hydroxylation is 1. The van der Waals surface area contributed by atoms with E-state index in [1.54, 1.807) is 0 Å². The number of hydrogen-bond donors (Lipinski definition) is 1. The van der Waals surface area contributed by atoms with E-state index in [4.69, 9.17) is 0 Å². The lowest BCUT2D eigenvalue weighted by atomic mass is 10.00. The summed E-state index contributed by atoms with van der Waals surface area (Å²) in [6.07, 6.45) is 8.13. The maximum Gasteiger partial charge on any atom is 0.193 e. The summed E-state index contributed by atoms with van der Waals surface area (Å²) >= 11 is 0. The normalized spacial score (nSPS) is 14.5. The summed E-state index contributed by atoms with van der Waals surface area (Å²) in [7, 11) is 1.86. The lowest BCUT2D eigenvalue weighted by Gasteiger charge is -2.30. The predicted octanol–water partition coefficient (Wildman–Crippen LogP) is 3.92. The fourth-order valence-electron chi connectivity index (χ4n) is 3.20. The molecule has 2 aromatic rings. The van der Waals surface area contributed by atoms with Crippen molar-refractivity contribution in [2.24, 2.45) is 4.99 Å². The molecule has 0 aliphatic carbocycles. The molecule has 1 aromatic heterocycles. The third-order valence-corrected chi connectivity index (χ3v) is 4.68. The molecule has 0 amide bonds. The molecule has 0 saturated carbocycles. The first kappa shape index (κ1) is 20.4. The highest BCUT2D eigenvalue weighted by molar-refractivity contribution is 14.0. The number of hydrogen-bond acceptors (Lipinski definition) is 2. The summed E-state index contributed by atoms with van der Waals surface area (Å²) in [5, 5.41) is 3.50. The first-order chi connectivity index (χ1) is 12.3. The number of nitrogens with one attached hydrogen (secondary N) is 1. The summed E-state index contributed by atoms with van der Waals surface area (Å²) in [6.45, 7) is 4.88. The molecular formula is C21H27IN4. The first-order valence-corrected chi connectivity index (χ1v) is 8.87. The minimum atomic E-state index is 0. The SMILES string of the molecule is CN=C(NCCc1ccncc1C)N1CC=C(c2ccccc2)CC1.I. The van der Waals surface area contributed by atoms with Gasteiger partial charge in [0.2, 0.25) is 0 Å². The summed E-state index contributed by atoms with van der Waals surface area (Å²) in [6, 6.07) is 12.7. The Morgan fingerprint density at radius 3 is 2.69 bits per heavy atom. The van der Waals surface area contributed by atoms with Crippen molar-refractivity contribution < 1.29 is 0 Å². The van der Waals surface area contributed by atoms with E-state index < -0.39 is 0 Å². The molecule has 4 nitrogen and oxygen atoms in total. The van der Waals surface area contributed by atoms with Gasteiger partial charge in [-0.3, -0.25) is 9.98 Å². The summed E-state index contributed by atoms with van der Waals surface area (Å²) in [5.74, 6) is 0.982. The van der Waals surface area contributed by atoms with E-state index in [2.05, 4.69) is 69.6 Å².